The Hall–Kier alpha value is -2.04. The Kier molecular flexibility index (Phi) is 6.03. The van der Waals surface area contributed by atoms with Crippen LogP contribution in [0.25, 0.3) is 0 Å². The summed E-state index contributed by atoms with van der Waals surface area (Å²) in [6.07, 6.45) is 0.949. The third kappa shape index (κ3) is 4.57. The summed E-state index contributed by atoms with van der Waals surface area (Å²) in [6, 6.07) is 6.50. The number of amides is 2. The molecule has 0 radical (unpaired) electrons. The van der Waals surface area contributed by atoms with Crippen molar-refractivity contribution in [1.29, 1.82) is 0 Å². The Labute approximate surface area is 119 Å². The maximum absolute atomic E-state index is 11.9. The molecule has 0 bridgehead atoms. The van der Waals surface area contributed by atoms with E-state index in [4.69, 9.17) is 0 Å². The van der Waals surface area contributed by atoms with Gasteiger partial charge in [0.25, 0.3) is 0 Å². The van der Waals surface area contributed by atoms with Gasteiger partial charge in [-0.25, -0.2) is 9.59 Å². The number of ether oxygens (including phenoxy) is 1. The van der Waals surface area contributed by atoms with Gasteiger partial charge < -0.3 is 15.4 Å². The number of hydrogen-bond donors (Lipinski definition) is 2. The average Bonchev–Trinajstić information content (AvgIpc) is 2.44. The van der Waals surface area contributed by atoms with Crippen LogP contribution in [-0.2, 0) is 16.0 Å². The summed E-state index contributed by atoms with van der Waals surface area (Å²) in [6.45, 7) is 5.76. The van der Waals surface area contributed by atoms with Gasteiger partial charge in [0.2, 0.25) is 0 Å². The zero-order valence-corrected chi connectivity index (χ0v) is 12.4. The van der Waals surface area contributed by atoms with E-state index in [1.807, 2.05) is 38.1 Å². The van der Waals surface area contributed by atoms with Crippen molar-refractivity contribution in [3.05, 3.63) is 29.8 Å². The fourth-order valence-electron chi connectivity index (χ4n) is 1.76. The quantitative estimate of drug-likeness (QED) is 0.813. The fourth-order valence-corrected chi connectivity index (χ4v) is 1.76. The van der Waals surface area contributed by atoms with Crippen LogP contribution in [0.2, 0.25) is 0 Å². The molecule has 1 aromatic rings. The SMILES string of the molecule is CCc1ccc(NC(=O)NC(C(=O)OC)C(C)C)cc1. The molecule has 0 saturated carbocycles. The molecule has 0 aliphatic heterocycles. The molecule has 20 heavy (non-hydrogen) atoms. The van der Waals surface area contributed by atoms with Crippen molar-refractivity contribution in [2.24, 2.45) is 5.92 Å². The first-order valence-electron chi connectivity index (χ1n) is 6.72. The van der Waals surface area contributed by atoms with Crippen LogP contribution >= 0.6 is 0 Å². The number of urea groups is 1. The first kappa shape index (κ1) is 16.0. The van der Waals surface area contributed by atoms with Crippen molar-refractivity contribution in [3.8, 4) is 0 Å². The summed E-state index contributed by atoms with van der Waals surface area (Å²) < 4.78 is 4.67. The zero-order chi connectivity index (χ0) is 15.1. The number of hydrogen-bond acceptors (Lipinski definition) is 3. The van der Waals surface area contributed by atoms with Gasteiger partial charge >= 0.3 is 12.0 Å². The Morgan fingerprint density at radius 3 is 2.25 bits per heavy atom. The number of benzene rings is 1. The molecule has 0 saturated heterocycles. The second-order valence-electron chi connectivity index (χ2n) is 4.89. The minimum atomic E-state index is -0.657. The average molecular weight is 278 g/mol. The van der Waals surface area contributed by atoms with Gasteiger partial charge in [-0.2, -0.15) is 0 Å². The summed E-state index contributed by atoms with van der Waals surface area (Å²) in [4.78, 5) is 23.4. The highest BCUT2D eigenvalue weighted by Gasteiger charge is 2.24. The third-order valence-electron chi connectivity index (χ3n) is 3.03. The van der Waals surface area contributed by atoms with Gasteiger partial charge in [0.05, 0.1) is 7.11 Å². The molecule has 5 heteroatoms. The summed E-state index contributed by atoms with van der Waals surface area (Å²) >= 11 is 0. The minimum Gasteiger partial charge on any atom is -0.467 e. The van der Waals surface area contributed by atoms with Crippen LogP contribution in [0.15, 0.2) is 24.3 Å². The van der Waals surface area contributed by atoms with Gasteiger partial charge in [-0.05, 0) is 30.0 Å². The molecule has 1 unspecified atom stereocenters. The van der Waals surface area contributed by atoms with Crippen LogP contribution < -0.4 is 10.6 Å². The van der Waals surface area contributed by atoms with Gasteiger partial charge in [-0.1, -0.05) is 32.9 Å². The topological polar surface area (TPSA) is 67.4 Å². The number of rotatable bonds is 5. The molecule has 110 valence electrons. The molecule has 0 fully saturated rings. The number of esters is 1. The van der Waals surface area contributed by atoms with Gasteiger partial charge in [-0.15, -0.1) is 0 Å². The number of nitrogens with one attached hydrogen (secondary N) is 2. The van der Waals surface area contributed by atoms with E-state index < -0.39 is 18.0 Å². The maximum Gasteiger partial charge on any atom is 0.328 e. The molecular weight excluding hydrogens is 256 g/mol. The lowest BCUT2D eigenvalue weighted by Crippen LogP contribution is -2.46. The maximum atomic E-state index is 11.9. The second kappa shape index (κ2) is 7.53. The molecule has 0 spiro atoms. The Balaban J connectivity index is 2.63. The van der Waals surface area contributed by atoms with Crippen LogP contribution in [-0.4, -0.2) is 25.2 Å². The molecule has 0 heterocycles. The summed E-state index contributed by atoms with van der Waals surface area (Å²) in [7, 11) is 1.31. The number of carbonyl (C=O) groups is 2. The molecule has 1 aromatic carbocycles. The number of carbonyl (C=O) groups excluding carboxylic acids is 2. The number of aryl methyl sites for hydroxylation is 1. The smallest absolute Gasteiger partial charge is 0.328 e. The van der Waals surface area contributed by atoms with Gasteiger partial charge in [0.15, 0.2) is 0 Å². The lowest BCUT2D eigenvalue weighted by atomic mass is 10.1. The van der Waals surface area contributed by atoms with Crippen molar-refractivity contribution in [1.82, 2.24) is 5.32 Å². The first-order valence-corrected chi connectivity index (χ1v) is 6.72. The summed E-state index contributed by atoms with van der Waals surface area (Å²) in [5, 5.41) is 5.32. The Morgan fingerprint density at radius 2 is 1.80 bits per heavy atom. The van der Waals surface area contributed by atoms with E-state index in [1.54, 1.807) is 0 Å². The summed E-state index contributed by atoms with van der Waals surface area (Å²) in [5.74, 6) is -0.493. The van der Waals surface area contributed by atoms with Crippen molar-refractivity contribution < 1.29 is 14.3 Å². The van der Waals surface area contributed by atoms with E-state index in [0.29, 0.717) is 5.69 Å². The van der Waals surface area contributed by atoms with Crippen molar-refractivity contribution in [2.75, 3.05) is 12.4 Å². The first-order chi connectivity index (χ1) is 9.47. The van der Waals surface area contributed by atoms with E-state index in [1.165, 1.54) is 12.7 Å². The number of methoxy groups -OCH3 is 1. The van der Waals surface area contributed by atoms with E-state index in [9.17, 15) is 9.59 Å². The van der Waals surface area contributed by atoms with Crippen molar-refractivity contribution in [3.63, 3.8) is 0 Å². The molecule has 5 nitrogen and oxygen atoms in total. The minimum absolute atomic E-state index is 0.0457. The second-order valence-corrected chi connectivity index (χ2v) is 4.89. The van der Waals surface area contributed by atoms with Gasteiger partial charge in [0.1, 0.15) is 6.04 Å². The highest BCUT2D eigenvalue weighted by Crippen LogP contribution is 2.10. The molecular formula is C15H22N2O3. The third-order valence-corrected chi connectivity index (χ3v) is 3.03. The Bertz CT molecular complexity index is 455. The fraction of sp³-hybridized carbons (Fsp3) is 0.467. The van der Waals surface area contributed by atoms with Crippen LogP contribution in [0.1, 0.15) is 26.3 Å². The summed E-state index contributed by atoms with van der Waals surface area (Å²) in [5.41, 5.74) is 1.89. The lowest BCUT2D eigenvalue weighted by Gasteiger charge is -2.20. The Morgan fingerprint density at radius 1 is 1.20 bits per heavy atom. The van der Waals surface area contributed by atoms with E-state index >= 15 is 0 Å². The normalized spacial score (nSPS) is 11.8. The monoisotopic (exact) mass is 278 g/mol. The number of anilines is 1. The molecule has 2 amide bonds. The molecule has 1 atom stereocenters. The van der Waals surface area contributed by atoms with Crippen LogP contribution in [0, 0.1) is 5.92 Å². The molecule has 0 aliphatic rings. The standard InChI is InChI=1S/C15H22N2O3/c1-5-11-6-8-12(9-7-11)16-15(19)17-13(10(2)3)14(18)20-4/h6-10,13H,5H2,1-4H3,(H2,16,17,19). The molecule has 2 N–H and O–H groups in total. The van der Waals surface area contributed by atoms with E-state index in [0.717, 1.165) is 6.42 Å². The van der Waals surface area contributed by atoms with Crippen molar-refractivity contribution >= 4 is 17.7 Å². The largest absolute Gasteiger partial charge is 0.467 e. The molecule has 0 aliphatic carbocycles. The predicted molar refractivity (Wildman–Crippen MR) is 78.6 cm³/mol. The van der Waals surface area contributed by atoms with Gasteiger partial charge in [0, 0.05) is 5.69 Å². The zero-order valence-electron chi connectivity index (χ0n) is 12.4. The van der Waals surface area contributed by atoms with Crippen LogP contribution in [0.3, 0.4) is 0 Å². The molecule has 1 rings (SSSR count). The predicted octanol–water partition coefficient (Wildman–Crippen LogP) is 2.57. The van der Waals surface area contributed by atoms with E-state index in [2.05, 4.69) is 22.3 Å². The van der Waals surface area contributed by atoms with Crippen LogP contribution in [0.4, 0.5) is 10.5 Å². The van der Waals surface area contributed by atoms with Gasteiger partial charge in [-0.3, -0.25) is 0 Å². The highest BCUT2D eigenvalue weighted by atomic mass is 16.5. The molecule has 0 aromatic heterocycles. The van der Waals surface area contributed by atoms with E-state index in [-0.39, 0.29) is 5.92 Å². The van der Waals surface area contributed by atoms with Crippen LogP contribution in [0.5, 0.6) is 0 Å². The lowest BCUT2D eigenvalue weighted by molar-refractivity contribution is -0.143. The highest BCUT2D eigenvalue weighted by molar-refractivity contribution is 5.92. The van der Waals surface area contributed by atoms with Crippen molar-refractivity contribution in [2.45, 2.75) is 33.2 Å².